The van der Waals surface area contributed by atoms with Crippen LogP contribution >= 0.6 is 0 Å². The Bertz CT molecular complexity index is 663. The van der Waals surface area contributed by atoms with Crippen LogP contribution in [0.3, 0.4) is 0 Å². The van der Waals surface area contributed by atoms with Crippen LogP contribution in [-0.4, -0.2) is 23.0 Å². The molecule has 0 bridgehead atoms. The van der Waals surface area contributed by atoms with E-state index in [9.17, 15) is 9.90 Å². The minimum atomic E-state index is -1.10. The fraction of sp³-hybridized carbons (Fsp3) is 0.231. The van der Waals surface area contributed by atoms with Crippen molar-refractivity contribution in [2.75, 3.05) is 6.79 Å². The van der Waals surface area contributed by atoms with Gasteiger partial charge in [-0.3, -0.25) is 0 Å². The van der Waals surface area contributed by atoms with Crippen LogP contribution in [0.1, 0.15) is 21.8 Å². The lowest BCUT2D eigenvalue weighted by atomic mass is 10.2. The summed E-state index contributed by atoms with van der Waals surface area (Å²) >= 11 is 0. The molecule has 0 spiro atoms. The number of hydrogen-bond acceptors (Lipinski definition) is 6. The average Bonchev–Trinajstić information content (AvgIpc) is 3.03. The van der Waals surface area contributed by atoms with Gasteiger partial charge < -0.3 is 23.8 Å². The summed E-state index contributed by atoms with van der Waals surface area (Å²) in [5.41, 5.74) is 0.734. The number of rotatable bonds is 4. The minimum absolute atomic E-state index is 0.00508. The van der Waals surface area contributed by atoms with Gasteiger partial charge in [0, 0.05) is 18.2 Å². The summed E-state index contributed by atoms with van der Waals surface area (Å²) in [5.74, 6) is 0.448. The van der Waals surface area contributed by atoms with Gasteiger partial charge in [0.25, 0.3) is 0 Å². The molecule has 0 unspecified atom stereocenters. The molecular formula is C13H11NO6. The van der Waals surface area contributed by atoms with E-state index < -0.39 is 5.97 Å². The van der Waals surface area contributed by atoms with Crippen LogP contribution in [0.5, 0.6) is 17.2 Å². The van der Waals surface area contributed by atoms with Gasteiger partial charge in [-0.25, -0.2) is 4.79 Å². The van der Waals surface area contributed by atoms with Crippen LogP contribution in [0, 0.1) is 6.92 Å². The van der Waals surface area contributed by atoms with Gasteiger partial charge in [0.15, 0.2) is 17.3 Å². The molecular weight excluding hydrogens is 266 g/mol. The highest BCUT2D eigenvalue weighted by Gasteiger charge is 2.21. The van der Waals surface area contributed by atoms with Crippen LogP contribution in [-0.2, 0) is 6.61 Å². The van der Waals surface area contributed by atoms with E-state index in [1.54, 1.807) is 13.0 Å². The number of aromatic nitrogens is 1. The largest absolute Gasteiger partial charge is 0.484 e. The van der Waals surface area contributed by atoms with Crippen LogP contribution in [0.4, 0.5) is 0 Å². The maximum absolute atomic E-state index is 11.2. The van der Waals surface area contributed by atoms with Crippen molar-refractivity contribution < 1.29 is 28.6 Å². The SMILES string of the molecule is Cc1cc(COc2cc3c(cc2C(=O)O)OCO3)on1. The molecule has 0 amide bonds. The van der Waals surface area contributed by atoms with E-state index in [-0.39, 0.29) is 24.7 Å². The van der Waals surface area contributed by atoms with Gasteiger partial charge in [0.1, 0.15) is 17.9 Å². The van der Waals surface area contributed by atoms with Gasteiger partial charge in [-0.2, -0.15) is 0 Å². The van der Waals surface area contributed by atoms with Gasteiger partial charge >= 0.3 is 5.97 Å². The van der Waals surface area contributed by atoms with Crippen molar-refractivity contribution in [1.82, 2.24) is 5.16 Å². The van der Waals surface area contributed by atoms with Crippen LogP contribution in [0.15, 0.2) is 22.7 Å². The fourth-order valence-corrected chi connectivity index (χ4v) is 1.84. The summed E-state index contributed by atoms with van der Waals surface area (Å²) in [6, 6.07) is 4.59. The van der Waals surface area contributed by atoms with Crippen LogP contribution in [0.2, 0.25) is 0 Å². The molecule has 104 valence electrons. The normalized spacial score (nSPS) is 12.4. The number of carboxylic acid groups (broad SMARTS) is 1. The van der Waals surface area contributed by atoms with Crippen molar-refractivity contribution in [3.8, 4) is 17.2 Å². The molecule has 7 nitrogen and oxygen atoms in total. The van der Waals surface area contributed by atoms with Crippen molar-refractivity contribution in [1.29, 1.82) is 0 Å². The Morgan fingerprint density at radius 2 is 2.10 bits per heavy atom. The molecule has 20 heavy (non-hydrogen) atoms. The zero-order valence-electron chi connectivity index (χ0n) is 10.6. The maximum atomic E-state index is 11.2. The van der Waals surface area contributed by atoms with E-state index in [2.05, 4.69) is 5.16 Å². The number of hydrogen-bond donors (Lipinski definition) is 1. The third-order valence-corrected chi connectivity index (χ3v) is 2.75. The molecule has 0 fully saturated rings. The first-order chi connectivity index (χ1) is 9.63. The Morgan fingerprint density at radius 3 is 2.75 bits per heavy atom. The van der Waals surface area contributed by atoms with E-state index in [0.29, 0.717) is 17.3 Å². The Balaban J connectivity index is 1.86. The number of aromatic carboxylic acids is 1. The van der Waals surface area contributed by atoms with Gasteiger partial charge in [0.05, 0.1) is 5.69 Å². The van der Waals surface area contributed by atoms with E-state index in [4.69, 9.17) is 18.7 Å². The second-order valence-electron chi connectivity index (χ2n) is 4.23. The molecule has 3 rings (SSSR count). The second kappa shape index (κ2) is 4.76. The molecule has 0 radical (unpaired) electrons. The highest BCUT2D eigenvalue weighted by atomic mass is 16.7. The van der Waals surface area contributed by atoms with E-state index in [1.165, 1.54) is 12.1 Å². The highest BCUT2D eigenvalue weighted by Crippen LogP contribution is 2.38. The molecule has 0 saturated carbocycles. The third kappa shape index (κ3) is 2.25. The van der Waals surface area contributed by atoms with E-state index in [0.717, 1.165) is 5.69 Å². The number of ether oxygens (including phenoxy) is 3. The molecule has 1 aliphatic heterocycles. The lowest BCUT2D eigenvalue weighted by Crippen LogP contribution is -2.03. The Morgan fingerprint density at radius 1 is 1.35 bits per heavy atom. The maximum Gasteiger partial charge on any atom is 0.339 e. The molecule has 2 aromatic rings. The van der Waals surface area contributed by atoms with Crippen LogP contribution in [0.25, 0.3) is 0 Å². The van der Waals surface area contributed by atoms with Gasteiger partial charge in [-0.15, -0.1) is 0 Å². The highest BCUT2D eigenvalue weighted by molar-refractivity contribution is 5.92. The number of carboxylic acids is 1. The summed E-state index contributed by atoms with van der Waals surface area (Å²) in [4.78, 5) is 11.2. The quantitative estimate of drug-likeness (QED) is 0.913. The number of nitrogens with zero attached hydrogens (tertiary/aromatic N) is 1. The number of carbonyl (C=O) groups is 1. The van der Waals surface area contributed by atoms with Crippen molar-refractivity contribution in [3.05, 3.63) is 35.2 Å². The monoisotopic (exact) mass is 277 g/mol. The lowest BCUT2D eigenvalue weighted by molar-refractivity contribution is 0.0690. The molecule has 1 aromatic heterocycles. The predicted octanol–water partition coefficient (Wildman–Crippen LogP) is 1.99. The smallest absolute Gasteiger partial charge is 0.339 e. The summed E-state index contributed by atoms with van der Waals surface area (Å²) < 4.78 is 20.8. The van der Waals surface area contributed by atoms with Crippen LogP contribution < -0.4 is 14.2 Å². The molecule has 2 heterocycles. The molecule has 1 aromatic carbocycles. The summed E-state index contributed by atoms with van der Waals surface area (Å²) in [5, 5.41) is 12.9. The number of benzene rings is 1. The topological polar surface area (TPSA) is 91.0 Å². The molecule has 1 aliphatic rings. The molecule has 0 saturated heterocycles. The standard InChI is InChI=1S/C13H11NO6/c1-7-2-8(20-14-7)5-17-10-4-12-11(18-6-19-12)3-9(10)13(15)16/h2-4H,5-6H2,1H3,(H,15,16). The van der Waals surface area contributed by atoms with Crippen molar-refractivity contribution in [2.24, 2.45) is 0 Å². The molecule has 7 heteroatoms. The summed E-state index contributed by atoms with van der Waals surface area (Å²) in [7, 11) is 0. The lowest BCUT2D eigenvalue weighted by Gasteiger charge is -2.08. The second-order valence-corrected chi connectivity index (χ2v) is 4.23. The molecule has 0 atom stereocenters. The van der Waals surface area contributed by atoms with Gasteiger partial charge in [-0.05, 0) is 6.92 Å². The van der Waals surface area contributed by atoms with E-state index in [1.807, 2.05) is 0 Å². The molecule has 0 aliphatic carbocycles. The minimum Gasteiger partial charge on any atom is -0.484 e. The first-order valence-electron chi connectivity index (χ1n) is 5.85. The van der Waals surface area contributed by atoms with Crippen molar-refractivity contribution in [2.45, 2.75) is 13.5 Å². The predicted molar refractivity (Wildman–Crippen MR) is 65.1 cm³/mol. The summed E-state index contributed by atoms with van der Waals surface area (Å²) in [6.45, 7) is 1.94. The Labute approximate surface area is 113 Å². The number of fused-ring (bicyclic) bond motifs is 1. The van der Waals surface area contributed by atoms with Gasteiger partial charge in [0.2, 0.25) is 6.79 Å². The molecule has 1 N–H and O–H groups in total. The summed E-state index contributed by atoms with van der Waals surface area (Å²) in [6.07, 6.45) is 0. The van der Waals surface area contributed by atoms with E-state index >= 15 is 0 Å². The first kappa shape index (κ1) is 12.3. The Hall–Kier alpha value is -2.70. The third-order valence-electron chi connectivity index (χ3n) is 2.75. The first-order valence-corrected chi connectivity index (χ1v) is 5.85. The van der Waals surface area contributed by atoms with Gasteiger partial charge in [-0.1, -0.05) is 5.16 Å². The zero-order chi connectivity index (χ0) is 14.1. The van der Waals surface area contributed by atoms with Crippen molar-refractivity contribution >= 4 is 5.97 Å². The average molecular weight is 277 g/mol. The van der Waals surface area contributed by atoms with Crippen molar-refractivity contribution in [3.63, 3.8) is 0 Å². The fourth-order valence-electron chi connectivity index (χ4n) is 1.84. The Kier molecular flexibility index (Phi) is 2.94. The number of aryl methyl sites for hydroxylation is 1. The zero-order valence-corrected chi connectivity index (χ0v) is 10.6.